The molecule has 1 aliphatic heterocycles. The summed E-state index contributed by atoms with van der Waals surface area (Å²) in [6.45, 7) is 4.40. The molecule has 0 unspecified atom stereocenters. The highest BCUT2D eigenvalue weighted by molar-refractivity contribution is 5.83. The van der Waals surface area contributed by atoms with Gasteiger partial charge in [0, 0.05) is 25.0 Å². The Morgan fingerprint density at radius 2 is 2.23 bits per heavy atom. The fraction of sp³-hybridized carbons (Fsp3) is 0.688. The summed E-state index contributed by atoms with van der Waals surface area (Å²) in [6, 6.07) is 0. The molecule has 6 heteroatoms. The summed E-state index contributed by atoms with van der Waals surface area (Å²) in [7, 11) is 0. The van der Waals surface area contributed by atoms with Crippen molar-refractivity contribution >= 4 is 11.6 Å². The van der Waals surface area contributed by atoms with Crippen molar-refractivity contribution in [2.45, 2.75) is 64.4 Å². The monoisotopic (exact) mass is 304 g/mol. The van der Waals surface area contributed by atoms with Gasteiger partial charge in [-0.3, -0.25) is 9.89 Å². The number of fused-ring (bicyclic) bond motifs is 1. The van der Waals surface area contributed by atoms with Crippen LogP contribution in [0.2, 0.25) is 0 Å². The first-order valence-corrected chi connectivity index (χ1v) is 8.09. The van der Waals surface area contributed by atoms with Crippen molar-refractivity contribution < 1.29 is 9.63 Å². The molecule has 0 radical (unpaired) electrons. The van der Waals surface area contributed by atoms with Gasteiger partial charge in [0.05, 0.1) is 18.0 Å². The zero-order valence-corrected chi connectivity index (χ0v) is 13.4. The van der Waals surface area contributed by atoms with Crippen LogP contribution in [0.5, 0.6) is 0 Å². The van der Waals surface area contributed by atoms with Crippen molar-refractivity contribution in [2.24, 2.45) is 5.16 Å². The third-order valence-corrected chi connectivity index (χ3v) is 4.44. The number of nitrogens with zero attached hydrogens (tertiary/aromatic N) is 2. The van der Waals surface area contributed by atoms with Crippen molar-refractivity contribution in [3.05, 3.63) is 17.0 Å². The first kappa shape index (κ1) is 15.1. The zero-order chi connectivity index (χ0) is 15.6. The SMILES string of the molecule is CC1=NO[C@@](C)(CNC(=O)CCc2n[nH]c3c2CCCC3)C1. The minimum atomic E-state index is -0.398. The van der Waals surface area contributed by atoms with Gasteiger partial charge in [0.25, 0.3) is 0 Å². The predicted molar refractivity (Wildman–Crippen MR) is 83.8 cm³/mol. The summed E-state index contributed by atoms with van der Waals surface area (Å²) in [4.78, 5) is 17.4. The van der Waals surface area contributed by atoms with E-state index in [1.807, 2.05) is 13.8 Å². The number of hydrogen-bond acceptors (Lipinski definition) is 4. The summed E-state index contributed by atoms with van der Waals surface area (Å²) in [6.07, 6.45) is 6.56. The molecule has 1 amide bonds. The molecule has 2 aliphatic rings. The highest BCUT2D eigenvalue weighted by Crippen LogP contribution is 2.23. The van der Waals surface area contributed by atoms with Crippen LogP contribution in [0.25, 0.3) is 0 Å². The largest absolute Gasteiger partial charge is 0.387 e. The number of rotatable bonds is 5. The molecule has 0 fully saturated rings. The second-order valence-corrected chi connectivity index (χ2v) is 6.66. The molecule has 2 heterocycles. The first-order chi connectivity index (χ1) is 10.6. The molecule has 120 valence electrons. The lowest BCUT2D eigenvalue weighted by Crippen LogP contribution is -2.40. The normalized spacial score (nSPS) is 23.6. The summed E-state index contributed by atoms with van der Waals surface area (Å²) < 4.78 is 0. The second-order valence-electron chi connectivity index (χ2n) is 6.66. The summed E-state index contributed by atoms with van der Waals surface area (Å²) in [5, 5.41) is 14.4. The van der Waals surface area contributed by atoms with Gasteiger partial charge in [-0.25, -0.2) is 0 Å². The van der Waals surface area contributed by atoms with Gasteiger partial charge in [-0.1, -0.05) is 5.16 Å². The molecule has 1 aliphatic carbocycles. The number of amides is 1. The number of carbonyl (C=O) groups excluding carboxylic acids is 1. The van der Waals surface area contributed by atoms with E-state index < -0.39 is 5.60 Å². The lowest BCUT2D eigenvalue weighted by atomic mass is 9.94. The minimum Gasteiger partial charge on any atom is -0.387 e. The van der Waals surface area contributed by atoms with Gasteiger partial charge in [0.1, 0.15) is 0 Å². The summed E-state index contributed by atoms with van der Waals surface area (Å²) >= 11 is 0. The van der Waals surface area contributed by atoms with Crippen molar-refractivity contribution in [3.8, 4) is 0 Å². The van der Waals surface area contributed by atoms with E-state index in [1.165, 1.54) is 24.1 Å². The Hall–Kier alpha value is -1.85. The van der Waals surface area contributed by atoms with E-state index in [2.05, 4.69) is 20.7 Å². The quantitative estimate of drug-likeness (QED) is 0.872. The van der Waals surface area contributed by atoms with Gasteiger partial charge < -0.3 is 10.2 Å². The lowest BCUT2D eigenvalue weighted by Gasteiger charge is -2.21. The molecule has 0 bridgehead atoms. The van der Waals surface area contributed by atoms with Crippen LogP contribution < -0.4 is 5.32 Å². The van der Waals surface area contributed by atoms with E-state index in [-0.39, 0.29) is 5.91 Å². The van der Waals surface area contributed by atoms with E-state index in [9.17, 15) is 4.79 Å². The smallest absolute Gasteiger partial charge is 0.220 e. The molecule has 1 atom stereocenters. The summed E-state index contributed by atoms with van der Waals surface area (Å²) in [5.74, 6) is 0.0435. The molecule has 0 aromatic carbocycles. The minimum absolute atomic E-state index is 0.0435. The Morgan fingerprint density at radius 3 is 3.00 bits per heavy atom. The van der Waals surface area contributed by atoms with Crippen LogP contribution in [0.15, 0.2) is 5.16 Å². The van der Waals surface area contributed by atoms with Crippen LogP contribution in [0.4, 0.5) is 0 Å². The molecule has 2 N–H and O–H groups in total. The number of nitrogens with one attached hydrogen (secondary N) is 2. The fourth-order valence-corrected chi connectivity index (χ4v) is 3.25. The Bertz CT molecular complexity index is 593. The molecule has 1 aromatic heterocycles. The standard InChI is InChI=1S/C16H24N4O2/c1-11-9-16(2,22-20-11)10-17-15(21)8-7-14-12-5-3-4-6-13(12)18-19-14/h3-10H2,1-2H3,(H,17,21)(H,18,19)/t16-/m1/s1. The maximum Gasteiger partial charge on any atom is 0.220 e. The summed E-state index contributed by atoms with van der Waals surface area (Å²) in [5.41, 5.74) is 4.24. The van der Waals surface area contributed by atoms with Crippen LogP contribution in [0.3, 0.4) is 0 Å². The van der Waals surface area contributed by atoms with Gasteiger partial charge in [0.15, 0.2) is 5.60 Å². The number of hydrogen-bond donors (Lipinski definition) is 2. The number of oxime groups is 1. The molecular formula is C16H24N4O2. The van der Waals surface area contributed by atoms with Crippen molar-refractivity contribution in [2.75, 3.05) is 6.54 Å². The van der Waals surface area contributed by atoms with Gasteiger partial charge in [-0.15, -0.1) is 0 Å². The van der Waals surface area contributed by atoms with Crippen LogP contribution in [0.1, 0.15) is 56.5 Å². The van der Waals surface area contributed by atoms with Gasteiger partial charge in [-0.2, -0.15) is 5.10 Å². The van der Waals surface area contributed by atoms with E-state index >= 15 is 0 Å². The Labute approximate surface area is 130 Å². The third kappa shape index (κ3) is 3.31. The van der Waals surface area contributed by atoms with Crippen molar-refractivity contribution in [1.29, 1.82) is 0 Å². The fourth-order valence-electron chi connectivity index (χ4n) is 3.25. The lowest BCUT2D eigenvalue weighted by molar-refractivity contribution is -0.122. The predicted octanol–water partition coefficient (Wildman–Crippen LogP) is 1.89. The van der Waals surface area contributed by atoms with Crippen LogP contribution in [0, 0.1) is 0 Å². The number of aromatic amines is 1. The first-order valence-electron chi connectivity index (χ1n) is 8.09. The number of carbonyl (C=O) groups is 1. The van der Waals surface area contributed by atoms with Crippen LogP contribution in [-0.4, -0.2) is 34.0 Å². The average Bonchev–Trinajstić information content (AvgIpc) is 3.07. The molecule has 0 saturated carbocycles. The van der Waals surface area contributed by atoms with E-state index in [4.69, 9.17) is 4.84 Å². The van der Waals surface area contributed by atoms with Gasteiger partial charge >= 0.3 is 0 Å². The van der Waals surface area contributed by atoms with Crippen molar-refractivity contribution in [1.82, 2.24) is 15.5 Å². The number of H-pyrrole nitrogens is 1. The maximum absolute atomic E-state index is 12.0. The van der Waals surface area contributed by atoms with Crippen LogP contribution in [-0.2, 0) is 28.9 Å². The van der Waals surface area contributed by atoms with Gasteiger partial charge in [0.2, 0.25) is 5.91 Å². The molecule has 3 rings (SSSR count). The average molecular weight is 304 g/mol. The van der Waals surface area contributed by atoms with E-state index in [0.717, 1.165) is 30.7 Å². The highest BCUT2D eigenvalue weighted by Gasteiger charge is 2.32. The highest BCUT2D eigenvalue weighted by atomic mass is 16.7. The maximum atomic E-state index is 12.0. The Morgan fingerprint density at radius 1 is 1.41 bits per heavy atom. The topological polar surface area (TPSA) is 79.4 Å². The number of aryl methyl sites for hydroxylation is 2. The van der Waals surface area contributed by atoms with Crippen molar-refractivity contribution in [3.63, 3.8) is 0 Å². The molecule has 6 nitrogen and oxygen atoms in total. The number of aromatic nitrogens is 2. The second kappa shape index (κ2) is 6.10. The Kier molecular flexibility index (Phi) is 4.18. The van der Waals surface area contributed by atoms with E-state index in [0.29, 0.717) is 19.4 Å². The third-order valence-electron chi connectivity index (χ3n) is 4.44. The zero-order valence-electron chi connectivity index (χ0n) is 13.4. The van der Waals surface area contributed by atoms with Gasteiger partial charge in [-0.05, 0) is 45.1 Å². The molecular weight excluding hydrogens is 280 g/mol. The molecule has 22 heavy (non-hydrogen) atoms. The molecule has 1 aromatic rings. The van der Waals surface area contributed by atoms with Crippen LogP contribution >= 0.6 is 0 Å². The Balaban J connectivity index is 1.46. The van der Waals surface area contributed by atoms with E-state index in [1.54, 1.807) is 0 Å². The molecule has 0 saturated heterocycles. The molecule has 0 spiro atoms.